The van der Waals surface area contributed by atoms with Crippen molar-refractivity contribution in [2.45, 2.75) is 44.3 Å². The molecule has 0 radical (unpaired) electrons. The second kappa shape index (κ2) is 5.94. The molecule has 1 N–H and O–H groups in total. The molecule has 19 heavy (non-hydrogen) atoms. The van der Waals surface area contributed by atoms with Crippen molar-refractivity contribution in [3.8, 4) is 0 Å². The molecule has 6 heteroatoms. The predicted molar refractivity (Wildman–Crippen MR) is 66.7 cm³/mol. The second-order valence-corrected chi connectivity index (χ2v) is 5.28. The van der Waals surface area contributed by atoms with Gasteiger partial charge in [0.1, 0.15) is 0 Å². The number of alkyl halides is 3. The van der Waals surface area contributed by atoms with Crippen molar-refractivity contribution in [2.24, 2.45) is 13.0 Å². The van der Waals surface area contributed by atoms with Crippen molar-refractivity contribution in [2.75, 3.05) is 6.54 Å². The van der Waals surface area contributed by atoms with Gasteiger partial charge in [-0.05, 0) is 31.7 Å². The average Bonchev–Trinajstić information content (AvgIpc) is 2.75. The van der Waals surface area contributed by atoms with Crippen molar-refractivity contribution in [1.29, 1.82) is 0 Å². The van der Waals surface area contributed by atoms with Gasteiger partial charge in [-0.3, -0.25) is 4.68 Å². The third-order valence-electron chi connectivity index (χ3n) is 3.77. The van der Waals surface area contributed by atoms with E-state index in [0.717, 1.165) is 18.7 Å². The molecule has 0 bridgehead atoms. The van der Waals surface area contributed by atoms with Gasteiger partial charge in [-0.25, -0.2) is 0 Å². The summed E-state index contributed by atoms with van der Waals surface area (Å²) in [6.45, 7) is 0.776. The Bertz CT molecular complexity index is 392. The van der Waals surface area contributed by atoms with Gasteiger partial charge in [0.15, 0.2) is 0 Å². The van der Waals surface area contributed by atoms with Crippen molar-refractivity contribution in [1.82, 2.24) is 15.1 Å². The van der Waals surface area contributed by atoms with E-state index in [1.807, 2.05) is 19.3 Å². The lowest BCUT2D eigenvalue weighted by atomic mass is 9.85. The van der Waals surface area contributed by atoms with E-state index < -0.39 is 12.1 Å². The Balaban J connectivity index is 1.66. The number of nitrogens with zero attached hydrogens (tertiary/aromatic N) is 2. The zero-order chi connectivity index (χ0) is 13.9. The third-order valence-corrected chi connectivity index (χ3v) is 3.77. The molecule has 0 saturated heterocycles. The normalized spacial score (nSPS) is 24.6. The van der Waals surface area contributed by atoms with Gasteiger partial charge in [-0.15, -0.1) is 0 Å². The average molecular weight is 275 g/mol. The molecule has 0 aromatic carbocycles. The first-order chi connectivity index (χ1) is 8.95. The maximum Gasteiger partial charge on any atom is 0.391 e. The highest BCUT2D eigenvalue weighted by molar-refractivity contribution is 4.99. The first-order valence-electron chi connectivity index (χ1n) is 6.74. The molecule has 1 saturated carbocycles. The van der Waals surface area contributed by atoms with E-state index in [0.29, 0.717) is 12.8 Å². The molecule has 0 spiro atoms. The summed E-state index contributed by atoms with van der Waals surface area (Å²) in [5.74, 6) is -1.10. The quantitative estimate of drug-likeness (QED) is 0.915. The molecule has 2 rings (SSSR count). The Morgan fingerprint density at radius 1 is 1.32 bits per heavy atom. The van der Waals surface area contributed by atoms with Crippen molar-refractivity contribution in [3.05, 3.63) is 18.0 Å². The molecule has 0 aliphatic heterocycles. The van der Waals surface area contributed by atoms with Crippen LogP contribution in [-0.2, 0) is 13.5 Å². The summed E-state index contributed by atoms with van der Waals surface area (Å²) in [7, 11) is 1.87. The second-order valence-electron chi connectivity index (χ2n) is 5.28. The lowest BCUT2D eigenvalue weighted by Crippen LogP contribution is -2.37. The fourth-order valence-electron chi connectivity index (χ4n) is 2.63. The Hall–Kier alpha value is -1.04. The van der Waals surface area contributed by atoms with E-state index in [2.05, 4.69) is 10.4 Å². The number of hydrogen-bond acceptors (Lipinski definition) is 2. The summed E-state index contributed by atoms with van der Waals surface area (Å²) in [5, 5.41) is 7.60. The van der Waals surface area contributed by atoms with Gasteiger partial charge in [0.2, 0.25) is 0 Å². The standard InChI is InChI=1S/C13H20F3N3/c1-19-9-7-12(18-19)6-8-17-11-4-2-10(3-5-11)13(14,15)16/h7,9-11,17H,2-6,8H2,1H3. The molecule has 1 aliphatic carbocycles. The molecular weight excluding hydrogens is 255 g/mol. The van der Waals surface area contributed by atoms with E-state index in [1.165, 1.54) is 0 Å². The van der Waals surface area contributed by atoms with Gasteiger partial charge >= 0.3 is 6.18 Å². The summed E-state index contributed by atoms with van der Waals surface area (Å²) in [6, 6.07) is 2.18. The third kappa shape index (κ3) is 4.23. The van der Waals surface area contributed by atoms with Crippen molar-refractivity contribution >= 4 is 0 Å². The number of hydrogen-bond donors (Lipinski definition) is 1. The van der Waals surface area contributed by atoms with Gasteiger partial charge < -0.3 is 5.32 Å². The lowest BCUT2D eigenvalue weighted by molar-refractivity contribution is -0.182. The first kappa shape index (κ1) is 14.4. The van der Waals surface area contributed by atoms with Crippen LogP contribution in [0.1, 0.15) is 31.4 Å². The largest absolute Gasteiger partial charge is 0.391 e. The van der Waals surface area contributed by atoms with Gasteiger partial charge in [0.05, 0.1) is 11.6 Å². The SMILES string of the molecule is Cn1ccc(CCNC2CCC(C(F)(F)F)CC2)n1. The number of aryl methyl sites for hydroxylation is 1. The van der Waals surface area contributed by atoms with E-state index in [4.69, 9.17) is 0 Å². The Morgan fingerprint density at radius 2 is 2.00 bits per heavy atom. The molecule has 1 heterocycles. The molecular formula is C13H20F3N3. The van der Waals surface area contributed by atoms with Crippen LogP contribution >= 0.6 is 0 Å². The number of aromatic nitrogens is 2. The van der Waals surface area contributed by atoms with Crippen LogP contribution < -0.4 is 5.32 Å². The highest BCUT2D eigenvalue weighted by atomic mass is 19.4. The summed E-state index contributed by atoms with van der Waals surface area (Å²) in [5.41, 5.74) is 1.01. The molecule has 3 nitrogen and oxygen atoms in total. The maximum absolute atomic E-state index is 12.5. The van der Waals surface area contributed by atoms with E-state index in [9.17, 15) is 13.2 Å². The molecule has 1 fully saturated rings. The van der Waals surface area contributed by atoms with Crippen LogP contribution in [0.5, 0.6) is 0 Å². The van der Waals surface area contributed by atoms with E-state index in [1.54, 1.807) is 4.68 Å². The Labute approximate surface area is 111 Å². The fourth-order valence-corrected chi connectivity index (χ4v) is 2.63. The lowest BCUT2D eigenvalue weighted by Gasteiger charge is -2.30. The molecule has 0 atom stereocenters. The molecule has 1 aromatic heterocycles. The Morgan fingerprint density at radius 3 is 2.53 bits per heavy atom. The highest BCUT2D eigenvalue weighted by Crippen LogP contribution is 2.37. The van der Waals surface area contributed by atoms with Crippen molar-refractivity contribution in [3.63, 3.8) is 0 Å². The minimum absolute atomic E-state index is 0.224. The monoisotopic (exact) mass is 275 g/mol. The predicted octanol–water partition coefficient (Wildman–Crippen LogP) is 2.67. The number of rotatable bonds is 4. The minimum Gasteiger partial charge on any atom is -0.314 e. The van der Waals surface area contributed by atoms with Crippen LogP contribution in [0, 0.1) is 5.92 Å². The van der Waals surface area contributed by atoms with Crippen LogP contribution in [0.3, 0.4) is 0 Å². The van der Waals surface area contributed by atoms with Gasteiger partial charge in [-0.1, -0.05) is 0 Å². The van der Waals surface area contributed by atoms with Gasteiger partial charge in [0.25, 0.3) is 0 Å². The van der Waals surface area contributed by atoms with Gasteiger partial charge in [0, 0.05) is 32.3 Å². The first-order valence-corrected chi connectivity index (χ1v) is 6.74. The summed E-state index contributed by atoms with van der Waals surface area (Å²) in [4.78, 5) is 0. The molecule has 0 unspecified atom stereocenters. The van der Waals surface area contributed by atoms with E-state index >= 15 is 0 Å². The maximum atomic E-state index is 12.5. The van der Waals surface area contributed by atoms with Crippen LogP contribution in [0.4, 0.5) is 13.2 Å². The van der Waals surface area contributed by atoms with Crippen LogP contribution in [0.25, 0.3) is 0 Å². The number of nitrogens with one attached hydrogen (secondary N) is 1. The van der Waals surface area contributed by atoms with E-state index in [-0.39, 0.29) is 18.9 Å². The Kier molecular flexibility index (Phi) is 4.50. The summed E-state index contributed by atoms with van der Waals surface area (Å²) < 4.78 is 39.3. The summed E-state index contributed by atoms with van der Waals surface area (Å²) >= 11 is 0. The zero-order valence-corrected chi connectivity index (χ0v) is 11.1. The topological polar surface area (TPSA) is 29.9 Å². The van der Waals surface area contributed by atoms with Crippen LogP contribution in [0.15, 0.2) is 12.3 Å². The molecule has 0 amide bonds. The molecule has 108 valence electrons. The molecule has 1 aliphatic rings. The van der Waals surface area contributed by atoms with Gasteiger partial charge in [-0.2, -0.15) is 18.3 Å². The van der Waals surface area contributed by atoms with Crippen LogP contribution in [-0.4, -0.2) is 28.5 Å². The highest BCUT2D eigenvalue weighted by Gasteiger charge is 2.41. The van der Waals surface area contributed by atoms with Crippen LogP contribution in [0.2, 0.25) is 0 Å². The zero-order valence-electron chi connectivity index (χ0n) is 11.1. The number of halogens is 3. The van der Waals surface area contributed by atoms with Crippen molar-refractivity contribution < 1.29 is 13.2 Å². The summed E-state index contributed by atoms with van der Waals surface area (Å²) in [6.07, 6.45) is 0.442. The minimum atomic E-state index is -4.01. The smallest absolute Gasteiger partial charge is 0.314 e. The molecule has 1 aromatic rings. The fraction of sp³-hybridized carbons (Fsp3) is 0.769.